The lowest BCUT2D eigenvalue weighted by Crippen LogP contribution is -2.03. The number of rotatable bonds is 6. The first-order valence-corrected chi connectivity index (χ1v) is 13.5. The molecule has 0 spiro atoms. The fraction of sp³-hybridized carbons (Fsp3) is 0. The lowest BCUT2D eigenvalue weighted by atomic mass is 10.0. The fourth-order valence-electron chi connectivity index (χ4n) is 4.20. The average molecular weight is 658 g/mol. The molecule has 0 aliphatic heterocycles. The lowest BCUT2D eigenvalue weighted by molar-refractivity contribution is 0.0676. The van der Waals surface area contributed by atoms with Crippen molar-refractivity contribution in [2.75, 3.05) is 5.73 Å². The van der Waals surface area contributed by atoms with Gasteiger partial charge in [0.05, 0.1) is 50.2 Å². The van der Waals surface area contributed by atoms with Crippen molar-refractivity contribution in [1.29, 1.82) is 0 Å². The number of nitrogens with two attached hydrogens (primary N) is 1. The molecule has 0 radical (unpaired) electrons. The van der Waals surface area contributed by atoms with Crippen LogP contribution in [0.1, 0.15) is 95.5 Å². The number of carboxylic acids is 6. The highest BCUT2D eigenvalue weighted by Gasteiger charge is 2.14. The Labute approximate surface area is 275 Å². The molecule has 0 aromatic heterocycles. The minimum absolute atomic E-state index is 0.0131. The van der Waals surface area contributed by atoms with Gasteiger partial charge in [-0.05, 0) is 66.7 Å². The molecule has 0 saturated heterocycles. The van der Waals surface area contributed by atoms with Crippen LogP contribution < -0.4 is 5.73 Å². The SMILES string of the molecule is Nc1c(C#Cc2cc(C(=O)O)cc(C(=O)O)c2)cc(C#Cc2cc(C(=O)O)cc(C(=O)O)c2)cc1C#Cc1cc(C(=O)O)cc(C(=O)O)c1. The highest BCUT2D eigenvalue weighted by atomic mass is 16.4. The van der Waals surface area contributed by atoms with Crippen LogP contribution in [-0.4, -0.2) is 66.5 Å². The van der Waals surface area contributed by atoms with E-state index in [2.05, 4.69) is 35.5 Å². The van der Waals surface area contributed by atoms with Gasteiger partial charge in [0.15, 0.2) is 0 Å². The van der Waals surface area contributed by atoms with Crippen molar-refractivity contribution < 1.29 is 59.4 Å². The number of anilines is 1. The van der Waals surface area contributed by atoms with Gasteiger partial charge in [-0.25, -0.2) is 28.8 Å². The van der Waals surface area contributed by atoms with Gasteiger partial charge in [-0.1, -0.05) is 35.5 Å². The summed E-state index contributed by atoms with van der Waals surface area (Å²) in [6.07, 6.45) is 0. The molecule has 0 unspecified atom stereocenters. The van der Waals surface area contributed by atoms with Gasteiger partial charge in [-0.3, -0.25) is 0 Å². The standard InChI is InChI=1S/C36H19NO12/c37-30-22(5-3-20-11-26(33(42)43)16-27(12-20)34(44)45)7-18(1-2-19-9-24(31(38)39)15-25(10-19)32(40)41)8-23(30)6-4-21-13-28(35(46)47)17-29(14-21)36(48)49/h7-17H,37H2,(H,38,39)(H,40,41)(H,42,43)(H,44,45)(H,46,47)(H,48,49). The summed E-state index contributed by atoms with van der Waals surface area (Å²) >= 11 is 0. The van der Waals surface area contributed by atoms with Gasteiger partial charge in [0.1, 0.15) is 0 Å². The maximum Gasteiger partial charge on any atom is 0.335 e. The molecule has 240 valence electrons. The van der Waals surface area contributed by atoms with Crippen LogP contribution in [0.2, 0.25) is 0 Å². The third-order valence-electron chi connectivity index (χ3n) is 6.49. The first-order valence-electron chi connectivity index (χ1n) is 13.5. The van der Waals surface area contributed by atoms with Gasteiger partial charge in [0.25, 0.3) is 0 Å². The molecule has 49 heavy (non-hydrogen) atoms. The van der Waals surface area contributed by atoms with Gasteiger partial charge in [-0.15, -0.1) is 0 Å². The monoisotopic (exact) mass is 657 g/mol. The Morgan fingerprint density at radius 3 is 0.776 bits per heavy atom. The molecule has 0 bridgehead atoms. The van der Waals surface area contributed by atoms with Crippen LogP contribution >= 0.6 is 0 Å². The van der Waals surface area contributed by atoms with E-state index in [0.717, 1.165) is 54.6 Å². The number of hydrogen-bond acceptors (Lipinski definition) is 7. The molecule has 0 atom stereocenters. The van der Waals surface area contributed by atoms with Crippen LogP contribution in [0.4, 0.5) is 5.69 Å². The predicted molar refractivity (Wildman–Crippen MR) is 170 cm³/mol. The van der Waals surface area contributed by atoms with Crippen molar-refractivity contribution in [2.45, 2.75) is 0 Å². The molecular weight excluding hydrogens is 638 g/mol. The van der Waals surface area contributed by atoms with Gasteiger partial charge in [0, 0.05) is 22.3 Å². The minimum atomic E-state index is -1.39. The first-order chi connectivity index (χ1) is 23.1. The summed E-state index contributed by atoms with van der Waals surface area (Å²) in [6, 6.07) is 12.6. The molecular formula is C36H19NO12. The first kappa shape index (κ1) is 34.1. The quantitative estimate of drug-likeness (QED) is 0.116. The van der Waals surface area contributed by atoms with Crippen molar-refractivity contribution >= 4 is 41.5 Å². The van der Waals surface area contributed by atoms with E-state index < -0.39 is 35.8 Å². The molecule has 0 aliphatic rings. The molecule has 0 saturated carbocycles. The van der Waals surface area contributed by atoms with E-state index in [1.165, 1.54) is 12.1 Å². The van der Waals surface area contributed by atoms with E-state index in [-0.39, 0.29) is 72.4 Å². The molecule has 4 rings (SSSR count). The number of benzene rings is 4. The second-order valence-corrected chi connectivity index (χ2v) is 9.96. The molecule has 0 fully saturated rings. The number of carboxylic acid groups (broad SMARTS) is 6. The third kappa shape index (κ3) is 8.47. The molecule has 0 aliphatic carbocycles. The zero-order chi connectivity index (χ0) is 36.0. The highest BCUT2D eigenvalue weighted by Crippen LogP contribution is 2.21. The van der Waals surface area contributed by atoms with E-state index in [4.69, 9.17) is 5.73 Å². The van der Waals surface area contributed by atoms with Gasteiger partial charge < -0.3 is 36.4 Å². The number of nitrogen functional groups attached to an aromatic ring is 1. The summed E-state index contributed by atoms with van der Waals surface area (Å²) in [4.78, 5) is 69.2. The Morgan fingerprint density at radius 1 is 0.347 bits per heavy atom. The van der Waals surface area contributed by atoms with Crippen LogP contribution in [0, 0.1) is 35.5 Å². The van der Waals surface area contributed by atoms with Crippen molar-refractivity contribution in [3.63, 3.8) is 0 Å². The second-order valence-electron chi connectivity index (χ2n) is 9.96. The maximum atomic E-state index is 11.5. The summed E-state index contributed by atoms with van der Waals surface area (Å²) in [5.41, 5.74) is 4.70. The van der Waals surface area contributed by atoms with Gasteiger partial charge in [0.2, 0.25) is 0 Å². The summed E-state index contributed by atoms with van der Waals surface area (Å²) in [5.74, 6) is 7.87. The molecule has 13 heteroatoms. The second kappa shape index (κ2) is 14.1. The van der Waals surface area contributed by atoms with Crippen LogP contribution in [0.15, 0.2) is 66.7 Å². The molecule has 0 heterocycles. The lowest BCUT2D eigenvalue weighted by Gasteiger charge is -2.05. The third-order valence-corrected chi connectivity index (χ3v) is 6.49. The minimum Gasteiger partial charge on any atom is -0.478 e. The summed E-state index contributed by atoms with van der Waals surface area (Å²) in [7, 11) is 0. The number of aromatic carboxylic acids is 6. The van der Waals surface area contributed by atoms with Crippen molar-refractivity contribution in [3.8, 4) is 35.5 Å². The molecule has 4 aromatic rings. The zero-order valence-electron chi connectivity index (χ0n) is 24.6. The van der Waals surface area contributed by atoms with Crippen molar-refractivity contribution in [1.82, 2.24) is 0 Å². The molecule has 4 aromatic carbocycles. The topological polar surface area (TPSA) is 250 Å². The predicted octanol–water partition coefficient (Wildman–Crippen LogP) is 3.66. The Bertz CT molecular complexity index is 2130. The average Bonchev–Trinajstić information content (AvgIpc) is 3.05. The Balaban J connectivity index is 1.92. The summed E-state index contributed by atoms with van der Waals surface area (Å²) < 4.78 is 0. The van der Waals surface area contributed by atoms with Crippen LogP contribution in [0.3, 0.4) is 0 Å². The Hall–Kier alpha value is -7.82. The highest BCUT2D eigenvalue weighted by molar-refractivity contribution is 5.96. The van der Waals surface area contributed by atoms with Crippen molar-refractivity contribution in [2.24, 2.45) is 0 Å². The Morgan fingerprint density at radius 2 is 0.551 bits per heavy atom. The van der Waals surface area contributed by atoms with E-state index >= 15 is 0 Å². The van der Waals surface area contributed by atoms with Crippen LogP contribution in [0.5, 0.6) is 0 Å². The Kier molecular flexibility index (Phi) is 9.79. The number of hydrogen-bond donors (Lipinski definition) is 7. The molecule has 8 N–H and O–H groups in total. The normalized spacial score (nSPS) is 9.80. The van der Waals surface area contributed by atoms with Gasteiger partial charge in [-0.2, -0.15) is 0 Å². The van der Waals surface area contributed by atoms with Crippen molar-refractivity contribution in [3.05, 3.63) is 133 Å². The zero-order valence-corrected chi connectivity index (χ0v) is 24.6. The van der Waals surface area contributed by atoms with E-state index in [1.54, 1.807) is 0 Å². The smallest absolute Gasteiger partial charge is 0.335 e. The molecule has 13 nitrogen and oxygen atoms in total. The van der Waals surface area contributed by atoms with Crippen LogP contribution in [-0.2, 0) is 0 Å². The summed E-state index contributed by atoms with van der Waals surface area (Å²) in [5, 5.41) is 56.3. The number of carbonyl (C=O) groups is 6. The van der Waals surface area contributed by atoms with Gasteiger partial charge >= 0.3 is 35.8 Å². The largest absolute Gasteiger partial charge is 0.478 e. The molecule has 0 amide bonds. The maximum absolute atomic E-state index is 11.5. The summed E-state index contributed by atoms with van der Waals surface area (Å²) in [6.45, 7) is 0. The van der Waals surface area contributed by atoms with Crippen LogP contribution in [0.25, 0.3) is 0 Å². The van der Waals surface area contributed by atoms with E-state index in [9.17, 15) is 59.4 Å². The fourth-order valence-corrected chi connectivity index (χ4v) is 4.20. The van der Waals surface area contributed by atoms with E-state index in [0.29, 0.717) is 0 Å². The van der Waals surface area contributed by atoms with E-state index in [1.807, 2.05) is 0 Å².